The van der Waals surface area contributed by atoms with Gasteiger partial charge >= 0.3 is 0 Å². The minimum atomic E-state index is 0.299. The predicted molar refractivity (Wildman–Crippen MR) is 174 cm³/mol. The van der Waals surface area contributed by atoms with Crippen molar-refractivity contribution in [3.63, 3.8) is 0 Å². The number of rotatable bonds is 2. The molecule has 7 aromatic rings. The molecule has 0 N–H and O–H groups in total. The van der Waals surface area contributed by atoms with Crippen molar-refractivity contribution in [3.8, 4) is 11.8 Å². The first-order valence-corrected chi connectivity index (χ1v) is 15.5. The van der Waals surface area contributed by atoms with Crippen LogP contribution in [0.15, 0.2) is 126 Å². The van der Waals surface area contributed by atoms with Crippen LogP contribution in [0.1, 0.15) is 22.6 Å². The maximum atomic E-state index is 9.49. The first-order chi connectivity index (χ1) is 20.3. The summed E-state index contributed by atoms with van der Waals surface area (Å²) in [6, 6.07) is 39.2. The third-order valence-electron chi connectivity index (χ3n) is 8.58. The van der Waals surface area contributed by atoms with Crippen LogP contribution in [0.5, 0.6) is 0 Å². The number of nitriles is 1. The summed E-state index contributed by atoms with van der Waals surface area (Å²) in [6.45, 7) is 0. The molecule has 9 rings (SSSR count). The van der Waals surface area contributed by atoms with Crippen molar-refractivity contribution in [1.82, 2.24) is 4.57 Å². The molecule has 0 bridgehead atoms. The van der Waals surface area contributed by atoms with Gasteiger partial charge in [0, 0.05) is 52.6 Å². The molecule has 2 atom stereocenters. The molecular weight excluding hydrogens is 537 g/mol. The zero-order valence-electron chi connectivity index (χ0n) is 21.9. The van der Waals surface area contributed by atoms with Gasteiger partial charge in [0.1, 0.15) is 0 Å². The van der Waals surface area contributed by atoms with Crippen LogP contribution < -0.4 is 0 Å². The van der Waals surface area contributed by atoms with E-state index in [9.17, 15) is 5.26 Å². The summed E-state index contributed by atoms with van der Waals surface area (Å²) in [5.74, 6) is 0.299. The van der Waals surface area contributed by atoms with Crippen LogP contribution in [0.2, 0.25) is 0 Å². The van der Waals surface area contributed by atoms with Gasteiger partial charge in [-0.05, 0) is 53.6 Å². The van der Waals surface area contributed by atoms with Gasteiger partial charge in [-0.2, -0.15) is 5.26 Å². The second kappa shape index (κ2) is 8.72. The highest BCUT2D eigenvalue weighted by Gasteiger charge is 2.35. The Balaban J connectivity index is 1.24. The van der Waals surface area contributed by atoms with Crippen LogP contribution in [0.25, 0.3) is 53.2 Å². The van der Waals surface area contributed by atoms with E-state index < -0.39 is 0 Å². The molecule has 0 saturated carbocycles. The zero-order chi connectivity index (χ0) is 27.1. The van der Waals surface area contributed by atoms with Crippen molar-refractivity contribution in [1.29, 1.82) is 5.26 Å². The number of thioether (sulfide) groups is 1. The van der Waals surface area contributed by atoms with Gasteiger partial charge in [0.2, 0.25) is 0 Å². The highest BCUT2D eigenvalue weighted by molar-refractivity contribution is 8.00. The maximum absolute atomic E-state index is 9.49. The number of nitrogens with zero attached hydrogens (tertiary/aromatic N) is 2. The van der Waals surface area contributed by atoms with Crippen molar-refractivity contribution in [3.05, 3.63) is 138 Å². The zero-order valence-corrected chi connectivity index (χ0v) is 23.5. The van der Waals surface area contributed by atoms with Gasteiger partial charge in [-0.25, -0.2) is 0 Å². The molecule has 0 radical (unpaired) electrons. The van der Waals surface area contributed by atoms with Crippen molar-refractivity contribution < 1.29 is 0 Å². The molecular formula is C37H22N2S2. The molecule has 0 fully saturated rings. The molecule has 1 aliphatic carbocycles. The smallest absolute Gasteiger partial charge is 0.0991 e. The van der Waals surface area contributed by atoms with Crippen LogP contribution in [0, 0.1) is 11.3 Å². The average Bonchev–Trinajstić information content (AvgIpc) is 3.69. The quantitative estimate of drug-likeness (QED) is 0.211. The normalized spacial score (nSPS) is 17.7. The predicted octanol–water partition coefficient (Wildman–Crippen LogP) is 10.2. The van der Waals surface area contributed by atoms with Gasteiger partial charge in [0.15, 0.2) is 0 Å². The second-order valence-electron chi connectivity index (χ2n) is 10.8. The summed E-state index contributed by atoms with van der Waals surface area (Å²) in [5.41, 5.74) is 8.32. The summed E-state index contributed by atoms with van der Waals surface area (Å²) in [7, 11) is 0. The largest absolute Gasteiger partial charge is 0.309 e. The molecule has 4 heteroatoms. The Hall–Kier alpha value is -4.56. The van der Waals surface area contributed by atoms with E-state index in [1.165, 1.54) is 69.3 Å². The van der Waals surface area contributed by atoms with Crippen molar-refractivity contribution in [2.24, 2.45) is 0 Å². The van der Waals surface area contributed by atoms with Crippen molar-refractivity contribution in [2.75, 3.05) is 0 Å². The van der Waals surface area contributed by atoms with E-state index in [-0.39, 0.29) is 0 Å². The number of allylic oxidation sites excluding steroid dienone is 3. The van der Waals surface area contributed by atoms with E-state index in [1.807, 2.05) is 35.2 Å². The molecule has 5 aromatic carbocycles. The van der Waals surface area contributed by atoms with Crippen LogP contribution >= 0.6 is 23.1 Å². The summed E-state index contributed by atoms with van der Waals surface area (Å²) < 4.78 is 5.03. The molecule has 2 nitrogen and oxygen atoms in total. The number of fused-ring (bicyclic) bond motifs is 10. The monoisotopic (exact) mass is 558 g/mol. The fourth-order valence-electron chi connectivity index (χ4n) is 6.77. The number of hydrogen-bond acceptors (Lipinski definition) is 3. The molecule has 192 valence electrons. The number of hydrogen-bond donors (Lipinski definition) is 0. The summed E-state index contributed by atoms with van der Waals surface area (Å²) in [5, 5.41) is 14.9. The van der Waals surface area contributed by atoms with E-state index in [4.69, 9.17) is 0 Å². The van der Waals surface area contributed by atoms with E-state index in [0.29, 0.717) is 11.2 Å². The lowest BCUT2D eigenvalue weighted by Crippen LogP contribution is -2.10. The van der Waals surface area contributed by atoms with Gasteiger partial charge in [-0.1, -0.05) is 78.9 Å². The van der Waals surface area contributed by atoms with Gasteiger partial charge in [0.05, 0.1) is 28.4 Å². The Morgan fingerprint density at radius 3 is 2.29 bits per heavy atom. The fraction of sp³-hybridized carbons (Fsp3) is 0.0541. The van der Waals surface area contributed by atoms with Gasteiger partial charge in [-0.15, -0.1) is 23.1 Å². The highest BCUT2D eigenvalue weighted by atomic mass is 32.2. The molecule has 41 heavy (non-hydrogen) atoms. The topological polar surface area (TPSA) is 28.7 Å². The standard InChI is InChI=1S/C37H22N2S2/c38-21-22-13-16-33-28(19-22)27-15-18-35-36(37(27)41-33)29-20-23(14-17-34(29)40-35)24-7-1-4-10-30(24)39-31-11-5-2-8-25(31)26-9-3-6-12-32(26)39/h1-20,29,34H. The Kier molecular flexibility index (Phi) is 4.93. The van der Waals surface area contributed by atoms with Crippen LogP contribution in [0.3, 0.4) is 0 Å². The Morgan fingerprint density at radius 1 is 0.732 bits per heavy atom. The fourth-order valence-corrected chi connectivity index (χ4v) is 9.44. The minimum Gasteiger partial charge on any atom is -0.309 e. The number of thiophene rings is 1. The van der Waals surface area contributed by atoms with Crippen LogP contribution in [0.4, 0.5) is 0 Å². The minimum absolute atomic E-state index is 0.299. The summed E-state index contributed by atoms with van der Waals surface area (Å²) >= 11 is 3.84. The lowest BCUT2D eigenvalue weighted by atomic mass is 9.86. The molecule has 0 spiro atoms. The Bertz CT molecular complexity index is 2270. The summed E-state index contributed by atoms with van der Waals surface area (Å²) in [4.78, 5) is 1.37. The first-order valence-electron chi connectivity index (χ1n) is 13.8. The Labute approximate surface area is 245 Å². The van der Waals surface area contributed by atoms with Crippen LogP contribution in [-0.4, -0.2) is 9.82 Å². The van der Waals surface area contributed by atoms with E-state index in [2.05, 4.69) is 120 Å². The molecule has 0 amide bonds. The number of para-hydroxylation sites is 3. The molecule has 0 saturated heterocycles. The first kappa shape index (κ1) is 23.2. The van der Waals surface area contributed by atoms with Gasteiger partial charge in [-0.3, -0.25) is 0 Å². The molecule has 2 aromatic heterocycles. The van der Waals surface area contributed by atoms with Gasteiger partial charge in [0.25, 0.3) is 0 Å². The van der Waals surface area contributed by atoms with E-state index in [0.717, 1.165) is 5.56 Å². The Morgan fingerprint density at radius 2 is 1.49 bits per heavy atom. The molecule has 2 unspecified atom stereocenters. The van der Waals surface area contributed by atoms with E-state index in [1.54, 1.807) is 0 Å². The lowest BCUT2D eigenvalue weighted by Gasteiger charge is -2.22. The molecule has 1 aliphatic heterocycles. The third-order valence-corrected chi connectivity index (χ3v) is 11.1. The SMILES string of the molecule is N#Cc1ccc2sc3c4c(ccc3c2c1)SC1C=CC(c2ccccc2-n2c3ccccc3c3ccccc32)=CC41. The van der Waals surface area contributed by atoms with Crippen molar-refractivity contribution in [2.45, 2.75) is 16.1 Å². The number of aromatic nitrogens is 1. The summed E-state index contributed by atoms with van der Waals surface area (Å²) in [6.07, 6.45) is 7.23. The highest BCUT2D eigenvalue weighted by Crippen LogP contribution is 2.54. The average molecular weight is 559 g/mol. The second-order valence-corrected chi connectivity index (χ2v) is 13.0. The molecule has 3 heterocycles. The van der Waals surface area contributed by atoms with Gasteiger partial charge < -0.3 is 4.57 Å². The van der Waals surface area contributed by atoms with Crippen molar-refractivity contribution >= 4 is 70.6 Å². The third kappa shape index (κ3) is 3.31. The maximum Gasteiger partial charge on any atom is 0.0991 e. The lowest BCUT2D eigenvalue weighted by molar-refractivity contribution is 0.895. The van der Waals surface area contributed by atoms with Crippen LogP contribution in [-0.2, 0) is 0 Å². The van der Waals surface area contributed by atoms with E-state index >= 15 is 0 Å². The number of benzene rings is 5. The molecule has 2 aliphatic rings.